The summed E-state index contributed by atoms with van der Waals surface area (Å²) in [6.07, 6.45) is 0.566. The van der Waals surface area contributed by atoms with Crippen LogP contribution in [-0.4, -0.2) is 49.2 Å². The van der Waals surface area contributed by atoms with Crippen LogP contribution in [0.1, 0.15) is 23.2 Å². The Labute approximate surface area is 163 Å². The van der Waals surface area contributed by atoms with Crippen LogP contribution in [0.5, 0.6) is 0 Å². The molecule has 6 nitrogen and oxygen atoms in total. The van der Waals surface area contributed by atoms with Gasteiger partial charge in [-0.25, -0.2) is 4.79 Å². The van der Waals surface area contributed by atoms with Gasteiger partial charge in [0.25, 0.3) is 5.91 Å². The molecule has 1 N–H and O–H groups in total. The topological polar surface area (TPSA) is 64.1 Å². The molecule has 27 heavy (non-hydrogen) atoms. The molecule has 0 aliphatic carbocycles. The number of amides is 2. The van der Waals surface area contributed by atoms with Crippen LogP contribution in [0.2, 0.25) is 5.02 Å². The number of anilines is 3. The number of hydrogen-bond donors (Lipinski definition) is 1. The fourth-order valence-electron chi connectivity index (χ4n) is 3.26. The van der Waals surface area contributed by atoms with Gasteiger partial charge in [0.2, 0.25) is 0 Å². The Morgan fingerprint density at radius 2 is 1.81 bits per heavy atom. The zero-order valence-electron chi connectivity index (χ0n) is 15.4. The van der Waals surface area contributed by atoms with Crippen molar-refractivity contribution in [1.82, 2.24) is 4.90 Å². The van der Waals surface area contributed by atoms with Crippen molar-refractivity contribution in [2.45, 2.75) is 12.8 Å². The van der Waals surface area contributed by atoms with Gasteiger partial charge in [-0.15, -0.1) is 0 Å². The molecule has 3 rings (SSSR count). The van der Waals surface area contributed by atoms with Crippen LogP contribution in [0.4, 0.5) is 21.9 Å². The first-order chi connectivity index (χ1) is 12.9. The first kappa shape index (κ1) is 19.0. The number of benzene rings is 2. The highest BCUT2D eigenvalue weighted by Gasteiger charge is 2.28. The largest absolute Gasteiger partial charge is 0.465 e. The highest BCUT2D eigenvalue weighted by molar-refractivity contribution is 6.31. The van der Waals surface area contributed by atoms with Gasteiger partial charge in [0.15, 0.2) is 0 Å². The van der Waals surface area contributed by atoms with E-state index in [1.54, 1.807) is 31.1 Å². The molecule has 2 amide bonds. The Balaban J connectivity index is 1.93. The summed E-state index contributed by atoms with van der Waals surface area (Å²) >= 11 is 6.22. The minimum Gasteiger partial charge on any atom is -0.465 e. The minimum absolute atomic E-state index is 0.0813. The highest BCUT2D eigenvalue weighted by atomic mass is 35.5. The Hall–Kier alpha value is -2.73. The standard InChI is InChI=1S/C20H22ClN3O3/c1-22(20(26)27)11-5-6-12-24-17-8-4-3-7-16(17)23(2)19(25)15-10-9-14(21)13-18(15)24/h3-4,7-10,13H,5-6,11-12H2,1-2H3,(H,26,27). The van der Waals surface area contributed by atoms with Gasteiger partial charge < -0.3 is 19.8 Å². The maximum Gasteiger partial charge on any atom is 0.407 e. The van der Waals surface area contributed by atoms with E-state index >= 15 is 0 Å². The monoisotopic (exact) mass is 387 g/mol. The van der Waals surface area contributed by atoms with Gasteiger partial charge in [0, 0.05) is 32.2 Å². The lowest BCUT2D eigenvalue weighted by molar-refractivity contribution is 0.0994. The average molecular weight is 388 g/mol. The predicted octanol–water partition coefficient (Wildman–Crippen LogP) is 4.46. The molecule has 142 valence electrons. The summed E-state index contributed by atoms with van der Waals surface area (Å²) in [6.45, 7) is 1.12. The van der Waals surface area contributed by atoms with Gasteiger partial charge in [0.1, 0.15) is 0 Å². The SMILES string of the molecule is CN(CCCCN1c2cc(Cl)ccc2C(=O)N(C)c2ccccc21)C(=O)O. The smallest absolute Gasteiger partial charge is 0.407 e. The molecule has 2 aromatic carbocycles. The summed E-state index contributed by atoms with van der Waals surface area (Å²) in [5, 5.41) is 9.54. The lowest BCUT2D eigenvalue weighted by Crippen LogP contribution is -2.26. The van der Waals surface area contributed by atoms with Crippen molar-refractivity contribution >= 4 is 40.7 Å². The number of nitrogens with zero attached hydrogens (tertiary/aromatic N) is 3. The molecular weight excluding hydrogens is 366 g/mol. The number of hydrogen-bond acceptors (Lipinski definition) is 3. The minimum atomic E-state index is -0.931. The summed E-state index contributed by atoms with van der Waals surface area (Å²) in [5.41, 5.74) is 3.13. The average Bonchev–Trinajstić information content (AvgIpc) is 2.74. The Bertz CT molecular complexity index is 871. The van der Waals surface area contributed by atoms with E-state index in [4.69, 9.17) is 16.7 Å². The predicted molar refractivity (Wildman–Crippen MR) is 108 cm³/mol. The van der Waals surface area contributed by atoms with Gasteiger partial charge in [0.05, 0.1) is 22.6 Å². The van der Waals surface area contributed by atoms with Crippen LogP contribution >= 0.6 is 11.6 Å². The lowest BCUT2D eigenvalue weighted by atomic mass is 10.1. The molecule has 1 heterocycles. The van der Waals surface area contributed by atoms with Crippen molar-refractivity contribution in [3.63, 3.8) is 0 Å². The van der Waals surface area contributed by atoms with Crippen molar-refractivity contribution < 1.29 is 14.7 Å². The molecule has 0 saturated heterocycles. The summed E-state index contributed by atoms with van der Waals surface area (Å²) in [4.78, 5) is 28.9. The van der Waals surface area contributed by atoms with Crippen LogP contribution < -0.4 is 9.80 Å². The van der Waals surface area contributed by atoms with E-state index in [2.05, 4.69) is 4.90 Å². The number of fused-ring (bicyclic) bond motifs is 2. The number of carbonyl (C=O) groups excluding carboxylic acids is 1. The van der Waals surface area contributed by atoms with E-state index in [1.165, 1.54) is 4.90 Å². The van der Waals surface area contributed by atoms with Crippen LogP contribution in [0.25, 0.3) is 0 Å². The second-order valence-electron chi connectivity index (χ2n) is 6.58. The van der Waals surface area contributed by atoms with E-state index < -0.39 is 6.09 Å². The maximum absolute atomic E-state index is 12.9. The third-order valence-corrected chi connectivity index (χ3v) is 5.01. The summed E-state index contributed by atoms with van der Waals surface area (Å²) in [7, 11) is 3.33. The molecule has 7 heteroatoms. The molecule has 0 fully saturated rings. The fourth-order valence-corrected chi connectivity index (χ4v) is 3.43. The molecule has 0 bridgehead atoms. The Morgan fingerprint density at radius 1 is 1.11 bits per heavy atom. The zero-order chi connectivity index (χ0) is 19.6. The van der Waals surface area contributed by atoms with E-state index in [0.29, 0.717) is 23.7 Å². The van der Waals surface area contributed by atoms with Crippen molar-refractivity contribution in [2.24, 2.45) is 0 Å². The number of rotatable bonds is 5. The second kappa shape index (κ2) is 7.88. The van der Waals surface area contributed by atoms with Gasteiger partial charge in [-0.05, 0) is 43.2 Å². The third-order valence-electron chi connectivity index (χ3n) is 4.77. The van der Waals surface area contributed by atoms with Crippen LogP contribution in [-0.2, 0) is 0 Å². The molecule has 0 spiro atoms. The van der Waals surface area contributed by atoms with Gasteiger partial charge in [-0.3, -0.25) is 4.79 Å². The quantitative estimate of drug-likeness (QED) is 0.769. The van der Waals surface area contributed by atoms with Crippen LogP contribution in [0.3, 0.4) is 0 Å². The van der Waals surface area contributed by atoms with Crippen LogP contribution in [0.15, 0.2) is 42.5 Å². The second-order valence-corrected chi connectivity index (χ2v) is 7.01. The molecule has 0 radical (unpaired) electrons. The zero-order valence-corrected chi connectivity index (χ0v) is 16.1. The van der Waals surface area contributed by atoms with Crippen molar-refractivity contribution in [2.75, 3.05) is 37.0 Å². The van der Waals surface area contributed by atoms with E-state index in [9.17, 15) is 9.59 Å². The molecular formula is C20H22ClN3O3. The van der Waals surface area contributed by atoms with Gasteiger partial charge in [-0.2, -0.15) is 0 Å². The summed E-state index contributed by atoms with van der Waals surface area (Å²) in [5.74, 6) is -0.0813. The summed E-state index contributed by atoms with van der Waals surface area (Å²) < 4.78 is 0. The van der Waals surface area contributed by atoms with E-state index in [0.717, 1.165) is 29.9 Å². The normalized spacial score (nSPS) is 13.1. The number of halogens is 1. The number of para-hydroxylation sites is 2. The Morgan fingerprint density at radius 3 is 2.52 bits per heavy atom. The van der Waals surface area contributed by atoms with Crippen LogP contribution in [0, 0.1) is 0 Å². The molecule has 0 saturated carbocycles. The third kappa shape index (κ3) is 3.85. The number of carbonyl (C=O) groups is 2. The molecule has 0 atom stereocenters. The summed E-state index contributed by atoms with van der Waals surface area (Å²) in [6, 6.07) is 13.1. The fraction of sp³-hybridized carbons (Fsp3) is 0.300. The molecule has 0 aromatic heterocycles. The van der Waals surface area contributed by atoms with Crippen molar-refractivity contribution in [1.29, 1.82) is 0 Å². The van der Waals surface area contributed by atoms with Gasteiger partial charge >= 0.3 is 6.09 Å². The Kier molecular flexibility index (Phi) is 5.56. The van der Waals surface area contributed by atoms with Crippen molar-refractivity contribution in [3.05, 3.63) is 53.1 Å². The van der Waals surface area contributed by atoms with Crippen molar-refractivity contribution in [3.8, 4) is 0 Å². The number of unbranched alkanes of at least 4 members (excludes halogenated alkanes) is 1. The maximum atomic E-state index is 12.9. The molecule has 2 aromatic rings. The van der Waals surface area contributed by atoms with E-state index in [1.807, 2.05) is 30.3 Å². The lowest BCUT2D eigenvalue weighted by Gasteiger charge is -2.27. The first-order valence-corrected chi connectivity index (χ1v) is 9.16. The van der Waals surface area contributed by atoms with E-state index in [-0.39, 0.29) is 5.91 Å². The highest BCUT2D eigenvalue weighted by Crippen LogP contribution is 2.41. The molecule has 0 unspecified atom stereocenters. The first-order valence-electron chi connectivity index (χ1n) is 8.78. The molecule has 1 aliphatic heterocycles. The van der Waals surface area contributed by atoms with Gasteiger partial charge in [-0.1, -0.05) is 23.7 Å². The molecule has 1 aliphatic rings. The number of carboxylic acid groups (broad SMARTS) is 1.